The van der Waals surface area contributed by atoms with Crippen molar-refractivity contribution in [2.45, 2.75) is 19.8 Å². The maximum absolute atomic E-state index is 12.6. The predicted octanol–water partition coefficient (Wildman–Crippen LogP) is 4.00. The van der Waals surface area contributed by atoms with E-state index in [-0.39, 0.29) is 34.4 Å². The second kappa shape index (κ2) is 5.92. The van der Waals surface area contributed by atoms with E-state index in [1.165, 1.54) is 19.2 Å². The summed E-state index contributed by atoms with van der Waals surface area (Å²) >= 11 is 0. The van der Waals surface area contributed by atoms with E-state index in [0.717, 1.165) is 0 Å². The van der Waals surface area contributed by atoms with E-state index in [9.17, 15) is 15.0 Å². The monoisotopic (exact) mass is 326 g/mol. The number of rotatable bonds is 3. The van der Waals surface area contributed by atoms with Crippen molar-refractivity contribution < 1.29 is 19.4 Å². The Morgan fingerprint density at radius 2 is 1.71 bits per heavy atom. The minimum atomic E-state index is -0.304. The zero-order valence-electron chi connectivity index (χ0n) is 13.7. The Hall–Kier alpha value is -2.95. The molecule has 0 aliphatic rings. The fraction of sp³-hybridized carbons (Fsp3) is 0.211. The molecule has 0 atom stereocenters. The van der Waals surface area contributed by atoms with Crippen molar-refractivity contribution in [3.63, 3.8) is 0 Å². The van der Waals surface area contributed by atoms with Gasteiger partial charge in [-0.2, -0.15) is 0 Å². The molecule has 0 saturated heterocycles. The molecule has 0 aliphatic heterocycles. The SMILES string of the molecule is COc1c(-c2cc(O)c(C(C)C)c(O)c2)oc2ccccc2c1=O. The lowest BCUT2D eigenvalue weighted by Crippen LogP contribution is -2.07. The van der Waals surface area contributed by atoms with E-state index in [1.54, 1.807) is 24.3 Å². The number of benzene rings is 2. The second-order valence-corrected chi connectivity index (χ2v) is 5.87. The molecular weight excluding hydrogens is 308 g/mol. The van der Waals surface area contributed by atoms with Gasteiger partial charge >= 0.3 is 0 Å². The summed E-state index contributed by atoms with van der Waals surface area (Å²) in [6.45, 7) is 3.73. The number of ether oxygens (including phenoxy) is 1. The molecule has 5 nitrogen and oxygen atoms in total. The number of phenolic OH excluding ortho intramolecular Hbond substituents is 2. The highest BCUT2D eigenvalue weighted by atomic mass is 16.5. The fourth-order valence-corrected chi connectivity index (χ4v) is 2.85. The fourth-order valence-electron chi connectivity index (χ4n) is 2.85. The zero-order valence-corrected chi connectivity index (χ0v) is 13.7. The molecule has 0 bridgehead atoms. The normalized spacial score (nSPS) is 11.2. The number of aromatic hydroxyl groups is 2. The van der Waals surface area contributed by atoms with Gasteiger partial charge in [-0.1, -0.05) is 26.0 Å². The van der Waals surface area contributed by atoms with E-state index < -0.39 is 0 Å². The van der Waals surface area contributed by atoms with Gasteiger partial charge < -0.3 is 19.4 Å². The van der Waals surface area contributed by atoms with Gasteiger partial charge in [-0.25, -0.2) is 0 Å². The Labute approximate surface area is 138 Å². The molecule has 1 aromatic heterocycles. The number of fused-ring (bicyclic) bond motifs is 1. The lowest BCUT2D eigenvalue weighted by molar-refractivity contribution is 0.398. The second-order valence-electron chi connectivity index (χ2n) is 5.87. The molecule has 24 heavy (non-hydrogen) atoms. The van der Waals surface area contributed by atoms with Crippen molar-refractivity contribution in [3.8, 4) is 28.6 Å². The Kier molecular flexibility index (Phi) is 3.93. The van der Waals surface area contributed by atoms with Gasteiger partial charge in [0.1, 0.15) is 17.1 Å². The molecule has 5 heteroatoms. The molecule has 124 valence electrons. The van der Waals surface area contributed by atoms with E-state index in [2.05, 4.69) is 0 Å². The van der Waals surface area contributed by atoms with Crippen molar-refractivity contribution >= 4 is 11.0 Å². The Bertz CT molecular complexity index is 946. The van der Waals surface area contributed by atoms with Gasteiger partial charge in [-0.3, -0.25) is 4.79 Å². The van der Waals surface area contributed by atoms with Gasteiger partial charge in [-0.15, -0.1) is 0 Å². The maximum atomic E-state index is 12.6. The largest absolute Gasteiger partial charge is 0.507 e. The molecule has 0 spiro atoms. The maximum Gasteiger partial charge on any atom is 0.235 e. The number of phenols is 2. The summed E-state index contributed by atoms with van der Waals surface area (Å²) < 4.78 is 11.0. The van der Waals surface area contributed by atoms with Gasteiger partial charge in [-0.05, 0) is 30.2 Å². The average molecular weight is 326 g/mol. The Morgan fingerprint density at radius 1 is 1.08 bits per heavy atom. The molecule has 0 unspecified atom stereocenters. The molecule has 3 aromatic rings. The third-order valence-electron chi connectivity index (χ3n) is 3.94. The zero-order chi connectivity index (χ0) is 17.4. The quantitative estimate of drug-likeness (QED) is 0.760. The summed E-state index contributed by atoms with van der Waals surface area (Å²) in [5.74, 6) is 0.0344. The number of methoxy groups -OCH3 is 1. The number of hydrogen-bond acceptors (Lipinski definition) is 5. The van der Waals surface area contributed by atoms with Crippen LogP contribution in [0.2, 0.25) is 0 Å². The molecule has 2 N–H and O–H groups in total. The van der Waals surface area contributed by atoms with Crippen molar-refractivity contribution in [2.24, 2.45) is 0 Å². The van der Waals surface area contributed by atoms with Crippen LogP contribution in [0.5, 0.6) is 17.2 Å². The van der Waals surface area contributed by atoms with Gasteiger partial charge in [0.15, 0.2) is 5.76 Å². The van der Waals surface area contributed by atoms with Crippen molar-refractivity contribution in [1.29, 1.82) is 0 Å². The van der Waals surface area contributed by atoms with E-state index in [4.69, 9.17) is 9.15 Å². The average Bonchev–Trinajstić information content (AvgIpc) is 2.53. The van der Waals surface area contributed by atoms with Crippen LogP contribution in [-0.4, -0.2) is 17.3 Å². The highest BCUT2D eigenvalue weighted by Gasteiger charge is 2.20. The van der Waals surface area contributed by atoms with E-state index in [0.29, 0.717) is 22.1 Å². The van der Waals surface area contributed by atoms with Gasteiger partial charge in [0, 0.05) is 11.1 Å². The standard InChI is InChI=1S/C19H18O5/c1-10(2)16-13(20)8-11(9-14(16)21)18-19(23-3)17(22)12-6-4-5-7-15(12)24-18/h4-10,20-21H,1-3H3. The van der Waals surface area contributed by atoms with Crippen LogP contribution in [0.1, 0.15) is 25.3 Å². The summed E-state index contributed by atoms with van der Waals surface area (Å²) in [6.07, 6.45) is 0. The van der Waals surface area contributed by atoms with Crippen molar-refractivity contribution in [1.82, 2.24) is 0 Å². The minimum absolute atomic E-state index is 0.0322. The first-order valence-electron chi connectivity index (χ1n) is 7.60. The van der Waals surface area contributed by atoms with E-state index >= 15 is 0 Å². The topological polar surface area (TPSA) is 79.9 Å². The van der Waals surface area contributed by atoms with Crippen molar-refractivity contribution in [2.75, 3.05) is 7.11 Å². The molecular formula is C19H18O5. The third kappa shape index (κ3) is 2.48. The molecule has 1 heterocycles. The highest BCUT2D eigenvalue weighted by Crippen LogP contribution is 2.40. The van der Waals surface area contributed by atoms with Gasteiger partial charge in [0.05, 0.1) is 12.5 Å². The lowest BCUT2D eigenvalue weighted by Gasteiger charge is -2.14. The smallest absolute Gasteiger partial charge is 0.235 e. The Morgan fingerprint density at radius 3 is 2.29 bits per heavy atom. The summed E-state index contributed by atoms with van der Waals surface area (Å²) in [5.41, 5.74) is 0.918. The molecule has 0 aliphatic carbocycles. The first-order chi connectivity index (χ1) is 11.4. The van der Waals surface area contributed by atoms with Crippen LogP contribution in [0, 0.1) is 0 Å². The molecule has 0 radical (unpaired) electrons. The van der Waals surface area contributed by atoms with Crippen LogP contribution < -0.4 is 10.2 Å². The lowest BCUT2D eigenvalue weighted by atomic mass is 9.97. The molecule has 0 saturated carbocycles. The highest BCUT2D eigenvalue weighted by molar-refractivity contribution is 5.82. The van der Waals surface area contributed by atoms with Crippen LogP contribution in [0.3, 0.4) is 0 Å². The van der Waals surface area contributed by atoms with Crippen LogP contribution in [-0.2, 0) is 0 Å². The first-order valence-corrected chi connectivity index (χ1v) is 7.60. The predicted molar refractivity (Wildman–Crippen MR) is 91.9 cm³/mol. The first kappa shape index (κ1) is 15.9. The summed E-state index contributed by atoms with van der Waals surface area (Å²) in [5, 5.41) is 20.9. The van der Waals surface area contributed by atoms with Crippen LogP contribution >= 0.6 is 0 Å². The van der Waals surface area contributed by atoms with Crippen LogP contribution in [0.15, 0.2) is 45.6 Å². The third-order valence-corrected chi connectivity index (χ3v) is 3.94. The Balaban J connectivity index is 2.32. The minimum Gasteiger partial charge on any atom is -0.507 e. The molecule has 0 fully saturated rings. The van der Waals surface area contributed by atoms with Gasteiger partial charge in [0.25, 0.3) is 0 Å². The molecule has 2 aromatic carbocycles. The summed E-state index contributed by atoms with van der Waals surface area (Å²) in [4.78, 5) is 12.6. The summed E-state index contributed by atoms with van der Waals surface area (Å²) in [7, 11) is 1.38. The molecule has 0 amide bonds. The van der Waals surface area contributed by atoms with E-state index in [1.807, 2.05) is 13.8 Å². The van der Waals surface area contributed by atoms with Crippen LogP contribution in [0.4, 0.5) is 0 Å². The summed E-state index contributed by atoms with van der Waals surface area (Å²) in [6, 6.07) is 9.77. The number of hydrogen-bond donors (Lipinski definition) is 2. The van der Waals surface area contributed by atoms with Crippen molar-refractivity contribution in [3.05, 3.63) is 52.2 Å². The van der Waals surface area contributed by atoms with Gasteiger partial charge in [0.2, 0.25) is 11.2 Å². The van der Waals surface area contributed by atoms with Crippen LogP contribution in [0.25, 0.3) is 22.3 Å². The molecule has 3 rings (SSSR count). The number of para-hydroxylation sites is 1.